The second-order valence-electron chi connectivity index (χ2n) is 4.54. The fourth-order valence-corrected chi connectivity index (χ4v) is 2.43. The number of carboxylic acids is 1. The molecule has 1 aliphatic heterocycles. The van der Waals surface area contributed by atoms with E-state index in [1.54, 1.807) is 25.3 Å². The maximum Gasteiger partial charge on any atom is 0.337 e. The summed E-state index contributed by atoms with van der Waals surface area (Å²) in [5, 5.41) is 12.3. The minimum Gasteiger partial charge on any atom is -0.478 e. The van der Waals surface area contributed by atoms with E-state index in [0.29, 0.717) is 25.4 Å². The highest BCUT2D eigenvalue weighted by atomic mass is 79.9. The van der Waals surface area contributed by atoms with Crippen molar-refractivity contribution in [2.45, 2.75) is 12.0 Å². The molecule has 1 aliphatic rings. The molecule has 1 unspecified atom stereocenters. The van der Waals surface area contributed by atoms with Crippen LogP contribution in [0.15, 0.2) is 22.7 Å². The van der Waals surface area contributed by atoms with Crippen LogP contribution in [0.25, 0.3) is 0 Å². The molecule has 1 saturated heterocycles. The number of carbonyl (C=O) groups is 1. The van der Waals surface area contributed by atoms with E-state index in [1.165, 1.54) is 0 Å². The Labute approximate surface area is 120 Å². The van der Waals surface area contributed by atoms with Gasteiger partial charge in [-0.3, -0.25) is 0 Å². The number of nitrogens with one attached hydrogen (secondary N) is 1. The van der Waals surface area contributed by atoms with Crippen molar-refractivity contribution in [3.8, 4) is 0 Å². The standard InChI is InChI=1S/C13H16BrNO4/c1-18-13(4-5-19-8-13)7-15-11-6-9(14)2-3-10(11)12(16)17/h2-3,6,15H,4-5,7-8H2,1H3,(H,16,17). The summed E-state index contributed by atoms with van der Waals surface area (Å²) in [5.74, 6) is -0.955. The van der Waals surface area contributed by atoms with E-state index in [9.17, 15) is 4.79 Å². The molecular weight excluding hydrogens is 314 g/mol. The molecule has 0 aromatic heterocycles. The quantitative estimate of drug-likeness (QED) is 0.868. The summed E-state index contributed by atoms with van der Waals surface area (Å²) in [6.07, 6.45) is 0.799. The largest absolute Gasteiger partial charge is 0.478 e. The molecular formula is C13H16BrNO4. The van der Waals surface area contributed by atoms with Crippen molar-refractivity contribution >= 4 is 27.6 Å². The van der Waals surface area contributed by atoms with Gasteiger partial charge in [-0.15, -0.1) is 0 Å². The lowest BCUT2D eigenvalue weighted by atomic mass is 10.0. The molecule has 1 atom stereocenters. The molecule has 1 heterocycles. The average molecular weight is 330 g/mol. The number of hydrogen-bond acceptors (Lipinski definition) is 4. The third-order valence-corrected chi connectivity index (χ3v) is 3.81. The van der Waals surface area contributed by atoms with E-state index < -0.39 is 5.97 Å². The van der Waals surface area contributed by atoms with E-state index in [0.717, 1.165) is 10.9 Å². The summed E-state index contributed by atoms with van der Waals surface area (Å²) in [5.41, 5.74) is 0.441. The summed E-state index contributed by atoms with van der Waals surface area (Å²) in [7, 11) is 1.65. The Morgan fingerprint density at radius 2 is 2.42 bits per heavy atom. The molecule has 0 spiro atoms. The molecule has 0 radical (unpaired) electrons. The molecule has 1 fully saturated rings. The SMILES string of the molecule is COC1(CNc2cc(Br)ccc2C(=O)O)CCOC1. The van der Waals surface area contributed by atoms with Gasteiger partial charge in [-0.25, -0.2) is 4.79 Å². The Balaban J connectivity index is 2.14. The van der Waals surface area contributed by atoms with Crippen molar-refractivity contribution < 1.29 is 19.4 Å². The monoisotopic (exact) mass is 329 g/mol. The van der Waals surface area contributed by atoms with E-state index in [-0.39, 0.29) is 11.2 Å². The molecule has 19 heavy (non-hydrogen) atoms. The molecule has 104 valence electrons. The minimum atomic E-state index is -0.955. The number of aromatic carboxylic acids is 1. The lowest BCUT2D eigenvalue weighted by Crippen LogP contribution is -2.39. The van der Waals surface area contributed by atoms with Gasteiger partial charge in [-0.05, 0) is 18.2 Å². The second-order valence-corrected chi connectivity index (χ2v) is 5.45. The van der Waals surface area contributed by atoms with Gasteiger partial charge < -0.3 is 19.9 Å². The number of hydrogen-bond donors (Lipinski definition) is 2. The van der Waals surface area contributed by atoms with Gasteiger partial charge in [-0.2, -0.15) is 0 Å². The average Bonchev–Trinajstić information content (AvgIpc) is 2.85. The van der Waals surface area contributed by atoms with E-state index in [2.05, 4.69) is 21.2 Å². The number of rotatable bonds is 5. The number of halogens is 1. The Hall–Kier alpha value is -1.11. The predicted molar refractivity (Wildman–Crippen MR) is 74.8 cm³/mol. The number of anilines is 1. The number of ether oxygens (including phenoxy) is 2. The number of methoxy groups -OCH3 is 1. The number of benzene rings is 1. The van der Waals surface area contributed by atoms with Crippen molar-refractivity contribution in [2.75, 3.05) is 32.2 Å². The summed E-state index contributed by atoms with van der Waals surface area (Å²) in [6, 6.07) is 5.03. The normalized spacial score (nSPS) is 22.4. The molecule has 6 heteroatoms. The van der Waals surface area contributed by atoms with Gasteiger partial charge >= 0.3 is 5.97 Å². The molecule has 0 amide bonds. The highest BCUT2D eigenvalue weighted by Crippen LogP contribution is 2.26. The first-order valence-corrected chi connectivity index (χ1v) is 6.75. The zero-order valence-corrected chi connectivity index (χ0v) is 12.2. The van der Waals surface area contributed by atoms with E-state index in [4.69, 9.17) is 14.6 Å². The van der Waals surface area contributed by atoms with Crippen LogP contribution in [0.5, 0.6) is 0 Å². The van der Waals surface area contributed by atoms with Crippen LogP contribution in [-0.2, 0) is 9.47 Å². The van der Waals surface area contributed by atoms with Crippen LogP contribution >= 0.6 is 15.9 Å². The minimum absolute atomic E-state index is 0.244. The number of carboxylic acid groups (broad SMARTS) is 1. The van der Waals surface area contributed by atoms with Crippen molar-refractivity contribution in [3.63, 3.8) is 0 Å². The second kappa shape index (κ2) is 5.90. The zero-order valence-electron chi connectivity index (χ0n) is 10.6. The van der Waals surface area contributed by atoms with Gasteiger partial charge in [0.15, 0.2) is 0 Å². The topological polar surface area (TPSA) is 67.8 Å². The van der Waals surface area contributed by atoms with E-state index >= 15 is 0 Å². The van der Waals surface area contributed by atoms with Crippen LogP contribution in [0.1, 0.15) is 16.8 Å². The van der Waals surface area contributed by atoms with Gasteiger partial charge in [-0.1, -0.05) is 15.9 Å². The van der Waals surface area contributed by atoms with Crippen molar-refractivity contribution in [1.82, 2.24) is 0 Å². The van der Waals surface area contributed by atoms with Gasteiger partial charge in [0, 0.05) is 36.8 Å². The third-order valence-electron chi connectivity index (χ3n) is 3.31. The molecule has 0 bridgehead atoms. The Bertz CT molecular complexity index is 472. The molecule has 0 saturated carbocycles. The first-order valence-electron chi connectivity index (χ1n) is 5.96. The van der Waals surface area contributed by atoms with E-state index in [1.807, 2.05) is 0 Å². The third kappa shape index (κ3) is 3.26. The highest BCUT2D eigenvalue weighted by molar-refractivity contribution is 9.10. The molecule has 1 aromatic carbocycles. The Morgan fingerprint density at radius 1 is 1.63 bits per heavy atom. The van der Waals surface area contributed by atoms with Crippen LogP contribution in [-0.4, -0.2) is 43.5 Å². The summed E-state index contributed by atoms with van der Waals surface area (Å²) < 4.78 is 11.7. The molecule has 2 rings (SSSR count). The lowest BCUT2D eigenvalue weighted by Gasteiger charge is -2.26. The first kappa shape index (κ1) is 14.3. The maximum absolute atomic E-state index is 11.2. The van der Waals surface area contributed by atoms with Crippen LogP contribution in [0, 0.1) is 0 Å². The Morgan fingerprint density at radius 3 is 3.00 bits per heavy atom. The summed E-state index contributed by atoms with van der Waals surface area (Å²) in [4.78, 5) is 11.2. The Kier molecular flexibility index (Phi) is 4.44. The van der Waals surface area contributed by atoms with Crippen molar-refractivity contribution in [3.05, 3.63) is 28.2 Å². The van der Waals surface area contributed by atoms with Crippen LogP contribution in [0.4, 0.5) is 5.69 Å². The van der Waals surface area contributed by atoms with Crippen LogP contribution in [0.2, 0.25) is 0 Å². The lowest BCUT2D eigenvalue weighted by molar-refractivity contribution is -0.00622. The smallest absolute Gasteiger partial charge is 0.337 e. The van der Waals surface area contributed by atoms with Gasteiger partial charge in [0.05, 0.1) is 12.2 Å². The molecule has 1 aromatic rings. The van der Waals surface area contributed by atoms with Gasteiger partial charge in [0.2, 0.25) is 0 Å². The maximum atomic E-state index is 11.2. The van der Waals surface area contributed by atoms with Crippen LogP contribution in [0.3, 0.4) is 0 Å². The molecule has 5 nitrogen and oxygen atoms in total. The van der Waals surface area contributed by atoms with Gasteiger partial charge in [0.25, 0.3) is 0 Å². The predicted octanol–water partition coefficient (Wildman–Crippen LogP) is 2.36. The van der Waals surface area contributed by atoms with Crippen molar-refractivity contribution in [2.24, 2.45) is 0 Å². The zero-order chi connectivity index (χ0) is 13.9. The molecule has 0 aliphatic carbocycles. The fraction of sp³-hybridized carbons (Fsp3) is 0.462. The highest BCUT2D eigenvalue weighted by Gasteiger charge is 2.34. The summed E-state index contributed by atoms with van der Waals surface area (Å²) in [6.45, 7) is 1.70. The van der Waals surface area contributed by atoms with Gasteiger partial charge in [0.1, 0.15) is 5.60 Å². The van der Waals surface area contributed by atoms with Crippen molar-refractivity contribution in [1.29, 1.82) is 0 Å². The molecule has 2 N–H and O–H groups in total. The first-order chi connectivity index (χ1) is 9.06. The van der Waals surface area contributed by atoms with Crippen LogP contribution < -0.4 is 5.32 Å². The summed E-state index contributed by atoms with van der Waals surface area (Å²) >= 11 is 3.34. The fourth-order valence-electron chi connectivity index (χ4n) is 2.07.